The topological polar surface area (TPSA) is 99.2 Å². The quantitative estimate of drug-likeness (QED) is 0.702. The van der Waals surface area contributed by atoms with Crippen LogP contribution in [0.1, 0.15) is 36.3 Å². The van der Waals surface area contributed by atoms with Gasteiger partial charge in [0.25, 0.3) is 11.4 Å². The molecule has 4 heterocycles. The number of nitrogens with one attached hydrogen (secondary N) is 1. The van der Waals surface area contributed by atoms with E-state index in [2.05, 4.69) is 25.7 Å². The summed E-state index contributed by atoms with van der Waals surface area (Å²) in [5.74, 6) is -0.630. The van der Waals surface area contributed by atoms with Crippen LogP contribution in [0.15, 0.2) is 29.1 Å². The van der Waals surface area contributed by atoms with Crippen molar-refractivity contribution in [1.29, 1.82) is 0 Å². The zero-order chi connectivity index (χ0) is 20.2. The van der Waals surface area contributed by atoms with Crippen LogP contribution in [0, 0.1) is 0 Å². The van der Waals surface area contributed by atoms with Crippen LogP contribution >= 0.6 is 0 Å². The Morgan fingerprint density at radius 1 is 1.07 bits per heavy atom. The van der Waals surface area contributed by atoms with Crippen LogP contribution in [0.3, 0.4) is 0 Å². The molecule has 5 rings (SSSR count). The second-order valence-electron chi connectivity index (χ2n) is 7.18. The third-order valence-corrected chi connectivity index (χ3v) is 5.06. The van der Waals surface area contributed by atoms with E-state index in [4.69, 9.17) is 4.74 Å². The van der Waals surface area contributed by atoms with Crippen LogP contribution in [0.4, 0.5) is 19.0 Å². The summed E-state index contributed by atoms with van der Waals surface area (Å²) in [4.78, 5) is 12.4. The fourth-order valence-corrected chi connectivity index (χ4v) is 3.43. The lowest BCUT2D eigenvalue weighted by Gasteiger charge is -2.21. The van der Waals surface area contributed by atoms with E-state index >= 15 is 0 Å². The molecule has 9 nitrogen and oxygen atoms in total. The van der Waals surface area contributed by atoms with Gasteiger partial charge in [0.05, 0.1) is 24.9 Å². The van der Waals surface area contributed by atoms with E-state index in [1.807, 2.05) is 0 Å². The predicted octanol–water partition coefficient (Wildman–Crippen LogP) is 1.63. The monoisotopic (exact) mass is 407 g/mol. The van der Waals surface area contributed by atoms with E-state index in [1.54, 1.807) is 6.07 Å². The number of fused-ring (bicyclic) bond motifs is 1. The molecule has 1 saturated carbocycles. The summed E-state index contributed by atoms with van der Waals surface area (Å²) in [7, 11) is 0. The number of halogens is 3. The van der Waals surface area contributed by atoms with E-state index in [0.717, 1.165) is 18.5 Å². The van der Waals surface area contributed by atoms with Crippen molar-refractivity contribution in [2.24, 2.45) is 0 Å². The maximum atomic E-state index is 13.1. The molecule has 1 aliphatic carbocycles. The Hall–Kier alpha value is -3.02. The second-order valence-corrected chi connectivity index (χ2v) is 7.18. The predicted molar refractivity (Wildman–Crippen MR) is 93.5 cm³/mol. The number of hydrogen-bond acceptors (Lipinski definition) is 7. The molecule has 1 saturated heterocycles. The molecule has 29 heavy (non-hydrogen) atoms. The zero-order valence-electron chi connectivity index (χ0n) is 15.0. The summed E-state index contributed by atoms with van der Waals surface area (Å²) < 4.78 is 46.8. The molecular formula is C17H16F3N7O2. The van der Waals surface area contributed by atoms with Crippen LogP contribution in [-0.2, 0) is 10.9 Å². The van der Waals surface area contributed by atoms with Gasteiger partial charge < -0.3 is 10.1 Å². The molecule has 152 valence electrons. The summed E-state index contributed by atoms with van der Waals surface area (Å²) in [5, 5.41) is 18.2. The summed E-state index contributed by atoms with van der Waals surface area (Å²) in [6.07, 6.45) is -2.57. The van der Waals surface area contributed by atoms with Gasteiger partial charge in [0, 0.05) is 12.0 Å². The maximum Gasteiger partial charge on any atom is 0.453 e. The molecule has 3 aromatic heterocycles. The van der Waals surface area contributed by atoms with E-state index in [-0.39, 0.29) is 36.3 Å². The smallest absolute Gasteiger partial charge is 0.377 e. The van der Waals surface area contributed by atoms with Crippen molar-refractivity contribution in [3.63, 3.8) is 0 Å². The summed E-state index contributed by atoms with van der Waals surface area (Å²) in [6.45, 7) is 0.530. The highest BCUT2D eigenvalue weighted by molar-refractivity contribution is 5.45. The highest BCUT2D eigenvalue weighted by Crippen LogP contribution is 2.38. The lowest BCUT2D eigenvalue weighted by atomic mass is 10.1. The van der Waals surface area contributed by atoms with E-state index in [9.17, 15) is 18.0 Å². The minimum absolute atomic E-state index is 0.0166. The molecule has 0 radical (unpaired) electrons. The van der Waals surface area contributed by atoms with Crippen molar-refractivity contribution in [2.45, 2.75) is 37.0 Å². The molecule has 2 aliphatic rings. The first-order valence-corrected chi connectivity index (χ1v) is 9.14. The molecule has 12 heteroatoms. The normalized spacial score (nSPS) is 22.3. The van der Waals surface area contributed by atoms with Crippen LogP contribution in [0.25, 0.3) is 5.65 Å². The number of aromatic nitrogens is 6. The number of ether oxygens (including phenoxy) is 1. The van der Waals surface area contributed by atoms with Crippen LogP contribution in [0.2, 0.25) is 0 Å². The number of nitrogens with zero attached hydrogens (tertiary/aromatic N) is 6. The van der Waals surface area contributed by atoms with Gasteiger partial charge in [-0.15, -0.1) is 15.3 Å². The van der Waals surface area contributed by atoms with Gasteiger partial charge >= 0.3 is 6.18 Å². The molecule has 0 amide bonds. The van der Waals surface area contributed by atoms with Crippen molar-refractivity contribution >= 4 is 11.5 Å². The summed E-state index contributed by atoms with van der Waals surface area (Å²) in [6, 6.07) is 5.35. The van der Waals surface area contributed by atoms with E-state index in [1.165, 1.54) is 22.9 Å². The molecule has 2 unspecified atom stereocenters. The zero-order valence-corrected chi connectivity index (χ0v) is 15.0. The average molecular weight is 407 g/mol. The Kier molecular flexibility index (Phi) is 4.05. The first-order chi connectivity index (χ1) is 13.9. The van der Waals surface area contributed by atoms with Gasteiger partial charge in [0.15, 0.2) is 5.65 Å². The summed E-state index contributed by atoms with van der Waals surface area (Å²) in [5.41, 5.74) is 0.601. The van der Waals surface area contributed by atoms with Gasteiger partial charge in [0.2, 0.25) is 0 Å². The van der Waals surface area contributed by atoms with Crippen molar-refractivity contribution in [3.05, 3.63) is 46.1 Å². The second kappa shape index (κ2) is 6.51. The van der Waals surface area contributed by atoms with Crippen molar-refractivity contribution < 1.29 is 17.9 Å². The lowest BCUT2D eigenvalue weighted by Crippen LogP contribution is -2.37. The van der Waals surface area contributed by atoms with Gasteiger partial charge in [0.1, 0.15) is 11.9 Å². The molecule has 3 aromatic rings. The van der Waals surface area contributed by atoms with Crippen LogP contribution in [0.5, 0.6) is 0 Å². The Labute approximate surface area is 161 Å². The van der Waals surface area contributed by atoms with Crippen LogP contribution in [-0.4, -0.2) is 48.8 Å². The molecule has 0 spiro atoms. The van der Waals surface area contributed by atoms with Crippen LogP contribution < -0.4 is 10.9 Å². The number of hydrogen-bond donors (Lipinski definition) is 1. The highest BCUT2D eigenvalue weighted by atomic mass is 19.4. The van der Waals surface area contributed by atoms with Crippen molar-refractivity contribution in [2.75, 3.05) is 18.5 Å². The van der Waals surface area contributed by atoms with Gasteiger partial charge in [-0.2, -0.15) is 22.8 Å². The molecule has 0 bridgehead atoms. The molecular weight excluding hydrogens is 391 g/mol. The number of rotatable bonds is 4. The maximum absolute atomic E-state index is 13.1. The molecule has 2 fully saturated rings. The molecule has 1 aliphatic heterocycles. The third kappa shape index (κ3) is 3.33. The van der Waals surface area contributed by atoms with E-state index in [0.29, 0.717) is 10.4 Å². The highest BCUT2D eigenvalue weighted by Gasteiger charge is 2.38. The largest absolute Gasteiger partial charge is 0.453 e. The van der Waals surface area contributed by atoms with Gasteiger partial charge in [-0.25, -0.2) is 4.68 Å². The van der Waals surface area contributed by atoms with Crippen molar-refractivity contribution in [1.82, 2.24) is 29.6 Å². The molecule has 1 N–H and O–H groups in total. The van der Waals surface area contributed by atoms with Gasteiger partial charge in [-0.3, -0.25) is 4.79 Å². The van der Waals surface area contributed by atoms with E-state index < -0.39 is 18.0 Å². The van der Waals surface area contributed by atoms with Crippen molar-refractivity contribution in [3.8, 4) is 0 Å². The Morgan fingerprint density at radius 3 is 2.66 bits per heavy atom. The van der Waals surface area contributed by atoms with Gasteiger partial charge in [-0.1, -0.05) is 0 Å². The minimum atomic E-state index is -4.68. The average Bonchev–Trinajstić information content (AvgIpc) is 3.27. The SMILES string of the molecule is O=c1ccc(C2CC2)nn1C1COCC1Nc1ccc2nnc(C(F)(F)F)n2n1. The number of alkyl halides is 3. The fraction of sp³-hybridized carbons (Fsp3) is 0.471. The number of anilines is 1. The molecule has 2 atom stereocenters. The fourth-order valence-electron chi connectivity index (χ4n) is 3.43. The minimum Gasteiger partial charge on any atom is -0.377 e. The third-order valence-electron chi connectivity index (χ3n) is 5.06. The summed E-state index contributed by atoms with van der Waals surface area (Å²) >= 11 is 0. The first-order valence-electron chi connectivity index (χ1n) is 9.14. The Bertz CT molecular complexity index is 1120. The Morgan fingerprint density at radius 2 is 1.90 bits per heavy atom. The Balaban J connectivity index is 1.44. The first kappa shape index (κ1) is 18.0. The molecule has 0 aromatic carbocycles. The lowest BCUT2D eigenvalue weighted by molar-refractivity contribution is -0.146. The standard InChI is InChI=1S/C17H16F3N7O2/c18-17(19,20)16-23-22-14-5-4-13(25-27(14)16)21-11-7-29-8-12(11)26-15(28)6-3-10(24-26)9-1-2-9/h3-6,9,11-12H,1-2,7-8H2,(H,21,25). The van der Waals surface area contributed by atoms with Gasteiger partial charge in [-0.05, 0) is 31.0 Å².